The first-order valence-electron chi connectivity index (χ1n) is 5.43. The van der Waals surface area contributed by atoms with Gasteiger partial charge in [0.25, 0.3) is 0 Å². The molecule has 0 amide bonds. The van der Waals surface area contributed by atoms with Crippen molar-refractivity contribution in [2.75, 3.05) is 5.73 Å². The maximum Gasteiger partial charge on any atom is 0.340 e. The van der Waals surface area contributed by atoms with Crippen LogP contribution >= 0.6 is 22.6 Å². The maximum absolute atomic E-state index is 11.9. The van der Waals surface area contributed by atoms with E-state index in [1.807, 2.05) is 36.4 Å². The number of anilines is 1. The van der Waals surface area contributed by atoms with Gasteiger partial charge in [-0.15, -0.1) is 0 Å². The van der Waals surface area contributed by atoms with Crippen molar-refractivity contribution < 1.29 is 9.53 Å². The van der Waals surface area contributed by atoms with Gasteiger partial charge in [0.15, 0.2) is 0 Å². The van der Waals surface area contributed by atoms with Crippen LogP contribution in [0.1, 0.15) is 15.9 Å². The van der Waals surface area contributed by atoms with E-state index in [1.54, 1.807) is 12.1 Å². The van der Waals surface area contributed by atoms with Crippen LogP contribution in [0.3, 0.4) is 0 Å². The molecular formula is C14H12INO2. The first-order chi connectivity index (χ1) is 8.66. The largest absolute Gasteiger partial charge is 0.457 e. The molecule has 2 rings (SSSR count). The van der Waals surface area contributed by atoms with Crippen LogP contribution in [-0.2, 0) is 11.3 Å². The second-order valence-corrected chi connectivity index (χ2v) is 5.04. The van der Waals surface area contributed by atoms with E-state index in [9.17, 15) is 4.79 Å². The van der Waals surface area contributed by atoms with Crippen LogP contribution in [0.5, 0.6) is 0 Å². The van der Waals surface area contributed by atoms with Crippen molar-refractivity contribution >= 4 is 34.2 Å². The molecule has 3 nitrogen and oxygen atoms in total. The van der Waals surface area contributed by atoms with E-state index in [4.69, 9.17) is 10.5 Å². The number of benzene rings is 2. The second-order valence-electron chi connectivity index (χ2n) is 3.79. The summed E-state index contributed by atoms with van der Waals surface area (Å²) >= 11 is 2.13. The quantitative estimate of drug-likeness (QED) is 0.524. The Morgan fingerprint density at radius 2 is 1.89 bits per heavy atom. The van der Waals surface area contributed by atoms with Gasteiger partial charge in [0.2, 0.25) is 0 Å². The third-order valence-electron chi connectivity index (χ3n) is 2.45. The summed E-state index contributed by atoms with van der Waals surface area (Å²) in [7, 11) is 0. The number of rotatable bonds is 3. The predicted octanol–water partition coefficient (Wildman–Crippen LogP) is 3.23. The number of hydrogen-bond acceptors (Lipinski definition) is 3. The van der Waals surface area contributed by atoms with Crippen molar-refractivity contribution in [2.45, 2.75) is 6.61 Å². The van der Waals surface area contributed by atoms with Gasteiger partial charge in [0, 0.05) is 9.26 Å². The fourth-order valence-corrected chi connectivity index (χ4v) is 2.00. The molecule has 4 heteroatoms. The third-order valence-corrected chi connectivity index (χ3v) is 3.12. The van der Waals surface area contributed by atoms with Crippen LogP contribution < -0.4 is 5.73 Å². The van der Waals surface area contributed by atoms with E-state index < -0.39 is 5.97 Å². The summed E-state index contributed by atoms with van der Waals surface area (Å²) in [5.41, 5.74) is 7.56. The lowest BCUT2D eigenvalue weighted by molar-refractivity contribution is 0.0474. The monoisotopic (exact) mass is 353 g/mol. The van der Waals surface area contributed by atoms with Gasteiger partial charge in [-0.3, -0.25) is 0 Å². The van der Waals surface area contributed by atoms with Crippen molar-refractivity contribution in [3.05, 3.63) is 63.2 Å². The molecule has 0 unspecified atom stereocenters. The Bertz CT molecular complexity index is 555. The summed E-state index contributed by atoms with van der Waals surface area (Å²) in [5, 5.41) is 0. The fourth-order valence-electron chi connectivity index (χ4n) is 1.51. The molecule has 0 fully saturated rings. The van der Waals surface area contributed by atoms with Crippen LogP contribution in [0, 0.1) is 3.57 Å². The molecule has 0 aliphatic rings. The molecule has 2 aromatic carbocycles. The van der Waals surface area contributed by atoms with Crippen molar-refractivity contribution in [1.29, 1.82) is 0 Å². The van der Waals surface area contributed by atoms with Gasteiger partial charge in [-0.1, -0.05) is 30.3 Å². The summed E-state index contributed by atoms with van der Waals surface area (Å²) in [6.45, 7) is 0.255. The van der Waals surface area contributed by atoms with Gasteiger partial charge in [0.05, 0.1) is 5.56 Å². The van der Waals surface area contributed by atoms with E-state index in [2.05, 4.69) is 22.6 Å². The summed E-state index contributed by atoms with van der Waals surface area (Å²) in [6, 6.07) is 14.8. The molecule has 0 aliphatic carbocycles. The Morgan fingerprint density at radius 3 is 2.61 bits per heavy atom. The zero-order chi connectivity index (χ0) is 13.0. The van der Waals surface area contributed by atoms with Crippen molar-refractivity contribution in [2.24, 2.45) is 0 Å². The number of nitrogen functional groups attached to an aromatic ring is 1. The van der Waals surface area contributed by atoms with Crippen LogP contribution in [-0.4, -0.2) is 5.97 Å². The highest BCUT2D eigenvalue weighted by Gasteiger charge is 2.11. The highest BCUT2D eigenvalue weighted by Crippen LogP contribution is 2.17. The van der Waals surface area contributed by atoms with E-state index in [-0.39, 0.29) is 6.61 Å². The molecule has 0 radical (unpaired) electrons. The molecule has 0 spiro atoms. The minimum Gasteiger partial charge on any atom is -0.457 e. The summed E-state index contributed by atoms with van der Waals surface area (Å²) in [4.78, 5) is 11.9. The number of esters is 1. The van der Waals surface area contributed by atoms with E-state index >= 15 is 0 Å². The summed E-state index contributed by atoms with van der Waals surface area (Å²) in [6.07, 6.45) is 0. The van der Waals surface area contributed by atoms with Gasteiger partial charge < -0.3 is 10.5 Å². The smallest absolute Gasteiger partial charge is 0.340 e. The van der Waals surface area contributed by atoms with Gasteiger partial charge in [-0.2, -0.15) is 0 Å². The SMILES string of the molecule is Nc1ccc(I)cc1C(=O)OCc1ccccc1. The van der Waals surface area contributed by atoms with Gasteiger partial charge in [-0.05, 0) is 46.4 Å². The molecule has 0 saturated carbocycles. The molecule has 0 heterocycles. The molecule has 2 aromatic rings. The fraction of sp³-hybridized carbons (Fsp3) is 0.0714. The number of nitrogens with two attached hydrogens (primary N) is 1. The normalized spacial score (nSPS) is 10.1. The van der Waals surface area contributed by atoms with Crippen LogP contribution in [0.15, 0.2) is 48.5 Å². The first kappa shape index (κ1) is 12.9. The number of ether oxygens (including phenoxy) is 1. The molecule has 18 heavy (non-hydrogen) atoms. The van der Waals surface area contributed by atoms with Crippen LogP contribution in [0.2, 0.25) is 0 Å². The molecule has 0 saturated heterocycles. The molecule has 2 N–H and O–H groups in total. The van der Waals surface area contributed by atoms with Crippen LogP contribution in [0.4, 0.5) is 5.69 Å². The average Bonchev–Trinajstić information content (AvgIpc) is 2.40. The Hall–Kier alpha value is -1.56. The number of carbonyl (C=O) groups is 1. The van der Waals surface area contributed by atoms with Crippen molar-refractivity contribution in [1.82, 2.24) is 0 Å². The Kier molecular flexibility index (Phi) is 4.19. The van der Waals surface area contributed by atoms with Crippen molar-refractivity contribution in [3.63, 3.8) is 0 Å². The van der Waals surface area contributed by atoms with Crippen molar-refractivity contribution in [3.8, 4) is 0 Å². The lowest BCUT2D eigenvalue weighted by Gasteiger charge is -2.07. The lowest BCUT2D eigenvalue weighted by Crippen LogP contribution is -2.08. The molecule has 0 bridgehead atoms. The predicted molar refractivity (Wildman–Crippen MR) is 79.1 cm³/mol. The molecular weight excluding hydrogens is 341 g/mol. The van der Waals surface area contributed by atoms with Gasteiger partial charge >= 0.3 is 5.97 Å². The van der Waals surface area contributed by atoms with Gasteiger partial charge in [0.1, 0.15) is 6.61 Å². The summed E-state index contributed by atoms with van der Waals surface area (Å²) < 4.78 is 6.18. The third kappa shape index (κ3) is 3.22. The first-order valence-corrected chi connectivity index (χ1v) is 6.51. The standard InChI is InChI=1S/C14H12INO2/c15-11-6-7-13(16)12(8-11)14(17)18-9-10-4-2-1-3-5-10/h1-8H,9,16H2. The van der Waals surface area contributed by atoms with Gasteiger partial charge in [-0.25, -0.2) is 4.79 Å². The van der Waals surface area contributed by atoms with E-state index in [0.717, 1.165) is 9.13 Å². The zero-order valence-corrected chi connectivity index (χ0v) is 11.8. The molecule has 0 atom stereocenters. The lowest BCUT2D eigenvalue weighted by atomic mass is 10.2. The zero-order valence-electron chi connectivity index (χ0n) is 9.60. The Morgan fingerprint density at radius 1 is 1.17 bits per heavy atom. The Labute approximate surface area is 119 Å². The Balaban J connectivity index is 2.06. The minimum absolute atomic E-state index is 0.255. The highest BCUT2D eigenvalue weighted by atomic mass is 127. The topological polar surface area (TPSA) is 52.3 Å². The molecule has 0 aliphatic heterocycles. The molecule has 0 aromatic heterocycles. The van der Waals surface area contributed by atoms with Crippen LogP contribution in [0.25, 0.3) is 0 Å². The molecule has 92 valence electrons. The number of hydrogen-bond donors (Lipinski definition) is 1. The second kappa shape index (κ2) is 5.86. The number of carbonyl (C=O) groups excluding carboxylic acids is 1. The summed E-state index contributed by atoms with van der Waals surface area (Å²) in [5.74, 6) is -0.394. The average molecular weight is 353 g/mol. The minimum atomic E-state index is -0.394. The van der Waals surface area contributed by atoms with E-state index in [1.165, 1.54) is 0 Å². The van der Waals surface area contributed by atoms with E-state index in [0.29, 0.717) is 11.3 Å². The number of halogens is 1. The highest BCUT2D eigenvalue weighted by molar-refractivity contribution is 14.1. The maximum atomic E-state index is 11.9.